The first kappa shape index (κ1) is 14.0. The first-order chi connectivity index (χ1) is 8.88. The molecule has 2 rings (SSSR count). The van der Waals surface area contributed by atoms with E-state index < -0.39 is 16.0 Å². The zero-order chi connectivity index (χ0) is 14.0. The number of benzene rings is 1. The van der Waals surface area contributed by atoms with Gasteiger partial charge in [0.1, 0.15) is 0 Å². The van der Waals surface area contributed by atoms with Gasteiger partial charge in [-0.2, -0.15) is 0 Å². The Labute approximate surface area is 112 Å². The Balaban J connectivity index is 2.15. The number of carboxylic acid groups (broad SMARTS) is 1. The molecule has 0 aliphatic carbocycles. The van der Waals surface area contributed by atoms with Gasteiger partial charge in [-0.25, -0.2) is 17.5 Å². The fourth-order valence-corrected chi connectivity index (χ4v) is 3.33. The van der Waals surface area contributed by atoms with Gasteiger partial charge in [0, 0.05) is 13.1 Å². The van der Waals surface area contributed by atoms with Gasteiger partial charge in [-0.1, -0.05) is 12.1 Å². The van der Waals surface area contributed by atoms with Crippen molar-refractivity contribution in [2.45, 2.75) is 18.8 Å². The van der Waals surface area contributed by atoms with Crippen LogP contribution in [-0.4, -0.2) is 43.1 Å². The molecule has 1 fully saturated rings. The van der Waals surface area contributed by atoms with Crippen LogP contribution in [0, 0.1) is 0 Å². The lowest BCUT2D eigenvalue weighted by Crippen LogP contribution is -2.38. The van der Waals surface area contributed by atoms with Crippen LogP contribution in [0.2, 0.25) is 0 Å². The number of rotatable bonds is 3. The molecule has 1 saturated heterocycles. The first-order valence-electron chi connectivity index (χ1n) is 6.16. The van der Waals surface area contributed by atoms with Gasteiger partial charge in [-0.05, 0) is 36.5 Å². The maximum atomic E-state index is 11.6. The Bertz CT molecular complexity index is 565. The Hall–Kier alpha value is -1.40. The normalized spacial score (nSPS) is 21.2. The summed E-state index contributed by atoms with van der Waals surface area (Å²) in [7, 11) is -3.15. The van der Waals surface area contributed by atoms with Gasteiger partial charge in [0.2, 0.25) is 10.0 Å². The minimum atomic E-state index is -3.15. The molecule has 1 aliphatic rings. The van der Waals surface area contributed by atoms with Crippen molar-refractivity contribution >= 4 is 16.0 Å². The zero-order valence-electron chi connectivity index (χ0n) is 10.7. The van der Waals surface area contributed by atoms with Gasteiger partial charge in [0.05, 0.1) is 11.8 Å². The molecule has 19 heavy (non-hydrogen) atoms. The standard InChI is InChI=1S/C13H17NO4S/c1-19(17,18)14-8-2-3-12(9-14)10-4-6-11(7-5-10)13(15)16/h4-7,12H,2-3,8-9H2,1H3,(H,15,16). The van der Waals surface area contributed by atoms with Gasteiger partial charge in [0.25, 0.3) is 0 Å². The van der Waals surface area contributed by atoms with E-state index in [-0.39, 0.29) is 11.5 Å². The second-order valence-electron chi connectivity index (χ2n) is 4.89. The molecule has 0 aromatic heterocycles. The van der Waals surface area contributed by atoms with Crippen molar-refractivity contribution in [1.29, 1.82) is 0 Å². The smallest absolute Gasteiger partial charge is 0.335 e. The molecule has 6 heteroatoms. The highest BCUT2D eigenvalue weighted by atomic mass is 32.2. The molecule has 5 nitrogen and oxygen atoms in total. The summed E-state index contributed by atoms with van der Waals surface area (Å²) in [6, 6.07) is 6.69. The lowest BCUT2D eigenvalue weighted by atomic mass is 9.91. The van der Waals surface area contributed by atoms with Crippen molar-refractivity contribution < 1.29 is 18.3 Å². The highest BCUT2D eigenvalue weighted by molar-refractivity contribution is 7.88. The molecule has 0 saturated carbocycles. The topological polar surface area (TPSA) is 74.7 Å². The van der Waals surface area contributed by atoms with Crippen LogP contribution < -0.4 is 0 Å². The van der Waals surface area contributed by atoms with E-state index in [9.17, 15) is 13.2 Å². The molecule has 1 heterocycles. The molecule has 0 bridgehead atoms. The van der Waals surface area contributed by atoms with Crippen LogP contribution in [0.4, 0.5) is 0 Å². The molecule has 1 atom stereocenters. The molecular formula is C13H17NO4S. The number of carbonyl (C=O) groups is 1. The van der Waals surface area contributed by atoms with Crippen molar-refractivity contribution in [2.24, 2.45) is 0 Å². The van der Waals surface area contributed by atoms with Gasteiger partial charge in [-0.15, -0.1) is 0 Å². The summed E-state index contributed by atoms with van der Waals surface area (Å²) in [5, 5.41) is 8.85. The number of nitrogens with zero attached hydrogens (tertiary/aromatic N) is 1. The molecule has 1 aromatic rings. The van der Waals surface area contributed by atoms with Gasteiger partial charge in [-0.3, -0.25) is 0 Å². The highest BCUT2D eigenvalue weighted by Crippen LogP contribution is 2.28. The average Bonchev–Trinajstić information content (AvgIpc) is 2.38. The SMILES string of the molecule is CS(=O)(=O)N1CCCC(c2ccc(C(=O)O)cc2)C1. The van der Waals surface area contributed by atoms with Crippen LogP contribution in [0.25, 0.3) is 0 Å². The molecule has 0 radical (unpaired) electrons. The van der Waals surface area contributed by atoms with Crippen LogP contribution in [0.1, 0.15) is 34.7 Å². The van der Waals surface area contributed by atoms with E-state index in [1.807, 2.05) is 0 Å². The maximum Gasteiger partial charge on any atom is 0.335 e. The quantitative estimate of drug-likeness (QED) is 0.912. The van der Waals surface area contributed by atoms with E-state index >= 15 is 0 Å². The van der Waals surface area contributed by atoms with Crippen LogP contribution in [0.15, 0.2) is 24.3 Å². The van der Waals surface area contributed by atoms with E-state index in [1.54, 1.807) is 24.3 Å². The summed E-state index contributed by atoms with van der Waals surface area (Å²) in [4.78, 5) is 10.8. The molecule has 1 aliphatic heterocycles. The van der Waals surface area contributed by atoms with Gasteiger partial charge < -0.3 is 5.11 Å². The summed E-state index contributed by atoms with van der Waals surface area (Å²) in [5.74, 6) is -0.806. The van der Waals surface area contributed by atoms with Crippen molar-refractivity contribution in [3.8, 4) is 0 Å². The number of hydrogen-bond donors (Lipinski definition) is 1. The van der Waals surface area contributed by atoms with E-state index in [0.717, 1.165) is 18.4 Å². The summed E-state index contributed by atoms with van der Waals surface area (Å²) >= 11 is 0. The summed E-state index contributed by atoms with van der Waals surface area (Å²) < 4.78 is 24.6. The Morgan fingerprint density at radius 2 is 1.95 bits per heavy atom. The second-order valence-corrected chi connectivity index (χ2v) is 6.87. The minimum Gasteiger partial charge on any atom is -0.478 e. The highest BCUT2D eigenvalue weighted by Gasteiger charge is 2.26. The number of piperidine rings is 1. The Kier molecular flexibility index (Phi) is 3.91. The van der Waals surface area contributed by atoms with Crippen LogP contribution >= 0.6 is 0 Å². The third-order valence-corrected chi connectivity index (χ3v) is 4.75. The van der Waals surface area contributed by atoms with Crippen molar-refractivity contribution in [1.82, 2.24) is 4.31 Å². The second kappa shape index (κ2) is 5.30. The number of hydrogen-bond acceptors (Lipinski definition) is 3. The van der Waals surface area contributed by atoms with Crippen molar-refractivity contribution in [3.63, 3.8) is 0 Å². The van der Waals surface area contributed by atoms with Crippen LogP contribution in [0.3, 0.4) is 0 Å². The predicted molar refractivity (Wildman–Crippen MR) is 71.8 cm³/mol. The summed E-state index contributed by atoms with van der Waals surface area (Å²) in [6.45, 7) is 1.05. The van der Waals surface area contributed by atoms with Gasteiger partial charge in [0.15, 0.2) is 0 Å². The predicted octanol–water partition coefficient (Wildman–Crippen LogP) is 1.52. The van der Waals surface area contributed by atoms with Crippen LogP contribution in [-0.2, 0) is 10.0 Å². The Morgan fingerprint density at radius 1 is 1.32 bits per heavy atom. The fourth-order valence-electron chi connectivity index (χ4n) is 2.41. The van der Waals surface area contributed by atoms with E-state index in [2.05, 4.69) is 0 Å². The summed E-state index contributed by atoms with van der Waals surface area (Å²) in [5.41, 5.74) is 1.25. The number of aromatic carboxylic acids is 1. The van der Waals surface area contributed by atoms with E-state index in [4.69, 9.17) is 5.11 Å². The molecule has 0 amide bonds. The molecule has 1 unspecified atom stereocenters. The van der Waals surface area contributed by atoms with Crippen molar-refractivity contribution in [2.75, 3.05) is 19.3 Å². The Morgan fingerprint density at radius 3 is 2.47 bits per heavy atom. The summed E-state index contributed by atoms with van der Waals surface area (Å²) in [6.07, 6.45) is 2.99. The van der Waals surface area contributed by atoms with Crippen LogP contribution in [0.5, 0.6) is 0 Å². The monoisotopic (exact) mass is 283 g/mol. The fraction of sp³-hybridized carbons (Fsp3) is 0.462. The van der Waals surface area contributed by atoms with Crippen molar-refractivity contribution in [3.05, 3.63) is 35.4 Å². The third-order valence-electron chi connectivity index (χ3n) is 3.48. The van der Waals surface area contributed by atoms with Gasteiger partial charge >= 0.3 is 5.97 Å². The van der Waals surface area contributed by atoms with E-state index in [0.29, 0.717) is 13.1 Å². The zero-order valence-corrected chi connectivity index (χ0v) is 11.6. The maximum absolute atomic E-state index is 11.6. The first-order valence-corrected chi connectivity index (χ1v) is 8.01. The molecule has 1 aromatic carbocycles. The molecule has 0 spiro atoms. The lowest BCUT2D eigenvalue weighted by Gasteiger charge is -2.31. The number of sulfonamides is 1. The molecule has 1 N–H and O–H groups in total. The average molecular weight is 283 g/mol. The molecular weight excluding hydrogens is 266 g/mol. The van der Waals surface area contributed by atoms with E-state index in [1.165, 1.54) is 10.6 Å². The minimum absolute atomic E-state index is 0.145. The molecule has 104 valence electrons. The third kappa shape index (κ3) is 3.33. The largest absolute Gasteiger partial charge is 0.478 e. The lowest BCUT2D eigenvalue weighted by molar-refractivity contribution is 0.0697. The number of carboxylic acids is 1.